The summed E-state index contributed by atoms with van der Waals surface area (Å²) in [5, 5.41) is 5.14. The molecule has 0 atom stereocenters. The van der Waals surface area contributed by atoms with Crippen LogP contribution in [0.3, 0.4) is 0 Å². The van der Waals surface area contributed by atoms with E-state index in [1.165, 1.54) is 11.6 Å². The first-order chi connectivity index (χ1) is 9.90. The summed E-state index contributed by atoms with van der Waals surface area (Å²) >= 11 is 0. The Morgan fingerprint density at radius 1 is 1.05 bits per heavy atom. The van der Waals surface area contributed by atoms with Crippen molar-refractivity contribution < 1.29 is 13.2 Å². The molecule has 21 heavy (non-hydrogen) atoms. The van der Waals surface area contributed by atoms with Gasteiger partial charge in [-0.1, -0.05) is 25.5 Å². The number of aryl methyl sites for hydroxylation is 2. The standard InChI is InChI=1S/C16H19NO3S/c1-3-4-13-5-7-14(8-6-13)20-15-9-10-16(12(2)11-15)21(17,18)19/h5-11H,3-4H2,1-2H3,(H2,17,18,19). The van der Waals surface area contributed by atoms with Crippen LogP contribution >= 0.6 is 0 Å². The molecule has 0 aliphatic carbocycles. The number of rotatable bonds is 5. The number of sulfonamides is 1. The summed E-state index contributed by atoms with van der Waals surface area (Å²) in [5.74, 6) is 1.31. The van der Waals surface area contributed by atoms with Gasteiger partial charge in [-0.3, -0.25) is 0 Å². The van der Waals surface area contributed by atoms with E-state index in [1.54, 1.807) is 19.1 Å². The van der Waals surface area contributed by atoms with Gasteiger partial charge in [-0.15, -0.1) is 0 Å². The lowest BCUT2D eigenvalue weighted by molar-refractivity contribution is 0.481. The minimum atomic E-state index is -3.69. The summed E-state index contributed by atoms with van der Waals surface area (Å²) in [6.07, 6.45) is 2.15. The first-order valence-electron chi connectivity index (χ1n) is 6.80. The number of nitrogens with two attached hydrogens (primary N) is 1. The van der Waals surface area contributed by atoms with Gasteiger partial charge in [0.05, 0.1) is 4.90 Å². The second-order valence-electron chi connectivity index (χ2n) is 4.97. The van der Waals surface area contributed by atoms with Crippen LogP contribution in [-0.2, 0) is 16.4 Å². The molecule has 0 saturated carbocycles. The fraction of sp³-hybridized carbons (Fsp3) is 0.250. The largest absolute Gasteiger partial charge is 0.457 e. The minimum absolute atomic E-state index is 0.119. The summed E-state index contributed by atoms with van der Waals surface area (Å²) in [7, 11) is -3.69. The smallest absolute Gasteiger partial charge is 0.238 e. The summed E-state index contributed by atoms with van der Waals surface area (Å²) in [6.45, 7) is 3.83. The van der Waals surface area contributed by atoms with Crippen molar-refractivity contribution in [3.63, 3.8) is 0 Å². The maximum atomic E-state index is 11.4. The molecule has 0 aliphatic heterocycles. The predicted octanol–water partition coefficient (Wildman–Crippen LogP) is 3.39. The Kier molecular flexibility index (Phi) is 4.65. The van der Waals surface area contributed by atoms with Gasteiger partial charge >= 0.3 is 0 Å². The highest BCUT2D eigenvalue weighted by Gasteiger charge is 2.12. The van der Waals surface area contributed by atoms with Crippen LogP contribution < -0.4 is 9.88 Å². The first kappa shape index (κ1) is 15.5. The molecule has 5 heteroatoms. The van der Waals surface area contributed by atoms with Crippen molar-refractivity contribution in [1.82, 2.24) is 0 Å². The van der Waals surface area contributed by atoms with Crippen molar-refractivity contribution in [3.8, 4) is 11.5 Å². The second kappa shape index (κ2) is 6.28. The minimum Gasteiger partial charge on any atom is -0.457 e. The maximum Gasteiger partial charge on any atom is 0.238 e. The molecule has 0 bridgehead atoms. The average molecular weight is 305 g/mol. The van der Waals surface area contributed by atoms with Gasteiger partial charge in [0.1, 0.15) is 11.5 Å². The van der Waals surface area contributed by atoms with Crippen LogP contribution in [0.2, 0.25) is 0 Å². The van der Waals surface area contributed by atoms with E-state index in [9.17, 15) is 8.42 Å². The van der Waals surface area contributed by atoms with E-state index in [1.807, 2.05) is 24.3 Å². The number of primary sulfonamides is 1. The van der Waals surface area contributed by atoms with Gasteiger partial charge in [-0.2, -0.15) is 0 Å². The molecule has 0 saturated heterocycles. The molecule has 0 aliphatic rings. The number of hydrogen-bond acceptors (Lipinski definition) is 3. The lowest BCUT2D eigenvalue weighted by Crippen LogP contribution is -2.13. The van der Waals surface area contributed by atoms with Crippen LogP contribution in [0.4, 0.5) is 0 Å². The molecule has 112 valence electrons. The Bertz CT molecular complexity index is 722. The summed E-state index contributed by atoms with van der Waals surface area (Å²) in [6, 6.07) is 12.6. The van der Waals surface area contributed by atoms with Crippen LogP contribution in [0.5, 0.6) is 11.5 Å². The maximum absolute atomic E-state index is 11.4. The number of ether oxygens (including phenoxy) is 1. The van der Waals surface area contributed by atoms with Gasteiger partial charge in [0.25, 0.3) is 0 Å². The van der Waals surface area contributed by atoms with Crippen molar-refractivity contribution in [2.45, 2.75) is 31.6 Å². The Labute approximate surface area is 125 Å². The highest BCUT2D eigenvalue weighted by Crippen LogP contribution is 2.25. The Morgan fingerprint density at radius 3 is 2.19 bits per heavy atom. The molecule has 2 N–H and O–H groups in total. The van der Waals surface area contributed by atoms with Crippen molar-refractivity contribution in [3.05, 3.63) is 53.6 Å². The third-order valence-corrected chi connectivity index (χ3v) is 4.22. The summed E-state index contributed by atoms with van der Waals surface area (Å²) in [5.41, 5.74) is 1.84. The third kappa shape index (κ3) is 4.06. The zero-order valence-electron chi connectivity index (χ0n) is 12.2. The van der Waals surface area contributed by atoms with E-state index in [-0.39, 0.29) is 4.90 Å². The molecule has 0 amide bonds. The van der Waals surface area contributed by atoms with E-state index in [0.717, 1.165) is 18.6 Å². The third-order valence-electron chi connectivity index (χ3n) is 3.15. The van der Waals surface area contributed by atoms with Crippen LogP contribution in [-0.4, -0.2) is 8.42 Å². The zero-order valence-corrected chi connectivity index (χ0v) is 13.0. The SMILES string of the molecule is CCCc1ccc(Oc2ccc(S(N)(=O)=O)c(C)c2)cc1. The molecule has 0 spiro atoms. The quantitative estimate of drug-likeness (QED) is 0.920. The highest BCUT2D eigenvalue weighted by molar-refractivity contribution is 7.89. The first-order valence-corrected chi connectivity index (χ1v) is 8.35. The molecule has 0 aromatic heterocycles. The number of benzene rings is 2. The fourth-order valence-electron chi connectivity index (χ4n) is 2.15. The van der Waals surface area contributed by atoms with E-state index in [2.05, 4.69) is 6.92 Å². The monoisotopic (exact) mass is 305 g/mol. The molecule has 4 nitrogen and oxygen atoms in total. The molecular weight excluding hydrogens is 286 g/mol. The zero-order chi connectivity index (χ0) is 15.5. The van der Waals surface area contributed by atoms with E-state index in [4.69, 9.17) is 9.88 Å². The predicted molar refractivity (Wildman–Crippen MR) is 83.1 cm³/mol. The van der Waals surface area contributed by atoms with Crippen molar-refractivity contribution >= 4 is 10.0 Å². The molecule has 0 unspecified atom stereocenters. The normalized spacial score (nSPS) is 11.4. The van der Waals surface area contributed by atoms with Crippen molar-refractivity contribution in [2.75, 3.05) is 0 Å². The van der Waals surface area contributed by atoms with Crippen molar-refractivity contribution in [2.24, 2.45) is 5.14 Å². The Hall–Kier alpha value is -1.85. The summed E-state index contributed by atoms with van der Waals surface area (Å²) in [4.78, 5) is 0.119. The molecule has 0 heterocycles. The highest BCUT2D eigenvalue weighted by atomic mass is 32.2. The fourth-order valence-corrected chi connectivity index (χ4v) is 2.92. The average Bonchev–Trinajstić information content (AvgIpc) is 2.40. The van der Waals surface area contributed by atoms with E-state index in [0.29, 0.717) is 11.3 Å². The van der Waals surface area contributed by atoms with Gasteiger partial charge in [-0.25, -0.2) is 13.6 Å². The molecule has 2 aromatic carbocycles. The molecular formula is C16H19NO3S. The Morgan fingerprint density at radius 2 is 1.67 bits per heavy atom. The van der Waals surface area contributed by atoms with Crippen LogP contribution in [0, 0.1) is 6.92 Å². The van der Waals surface area contributed by atoms with Gasteiger partial charge < -0.3 is 4.74 Å². The van der Waals surface area contributed by atoms with E-state index < -0.39 is 10.0 Å². The topological polar surface area (TPSA) is 69.4 Å². The Balaban J connectivity index is 2.18. The molecule has 0 radical (unpaired) electrons. The molecule has 2 aromatic rings. The summed E-state index contributed by atoms with van der Waals surface area (Å²) < 4.78 is 28.4. The van der Waals surface area contributed by atoms with Crippen LogP contribution in [0.25, 0.3) is 0 Å². The lowest BCUT2D eigenvalue weighted by atomic mass is 10.1. The molecule has 0 fully saturated rings. The van der Waals surface area contributed by atoms with Crippen LogP contribution in [0.1, 0.15) is 24.5 Å². The number of hydrogen-bond donors (Lipinski definition) is 1. The van der Waals surface area contributed by atoms with E-state index >= 15 is 0 Å². The van der Waals surface area contributed by atoms with Gasteiger partial charge in [0, 0.05) is 0 Å². The lowest BCUT2D eigenvalue weighted by Gasteiger charge is -2.09. The van der Waals surface area contributed by atoms with Gasteiger partial charge in [0.15, 0.2) is 0 Å². The second-order valence-corrected chi connectivity index (χ2v) is 6.50. The van der Waals surface area contributed by atoms with Crippen molar-refractivity contribution in [1.29, 1.82) is 0 Å². The van der Waals surface area contributed by atoms with Gasteiger partial charge in [0.2, 0.25) is 10.0 Å². The van der Waals surface area contributed by atoms with Gasteiger partial charge in [-0.05, 0) is 54.8 Å². The molecule has 2 rings (SSSR count). The van der Waals surface area contributed by atoms with Crippen LogP contribution in [0.15, 0.2) is 47.4 Å².